The number of benzene rings is 2. The van der Waals surface area contributed by atoms with Gasteiger partial charge in [-0.1, -0.05) is 32.0 Å². The number of hydrogen-bond acceptors (Lipinski definition) is 4. The van der Waals surface area contributed by atoms with Crippen LogP contribution in [0.4, 0.5) is 4.39 Å². The lowest BCUT2D eigenvalue weighted by Crippen LogP contribution is -2.51. The molecule has 2 aromatic carbocycles. The number of nitrogens with zero attached hydrogens (tertiary/aromatic N) is 4. The third kappa shape index (κ3) is 4.26. The van der Waals surface area contributed by atoms with Gasteiger partial charge in [-0.15, -0.1) is 0 Å². The molecule has 0 spiro atoms. The van der Waals surface area contributed by atoms with Crippen molar-refractivity contribution in [1.82, 2.24) is 19.6 Å². The molecule has 0 bridgehead atoms. The molecule has 7 nitrogen and oxygen atoms in total. The molecule has 0 atom stereocenters. The van der Waals surface area contributed by atoms with E-state index in [1.807, 2.05) is 13.8 Å². The Balaban J connectivity index is 1.55. The zero-order valence-corrected chi connectivity index (χ0v) is 18.1. The van der Waals surface area contributed by atoms with Crippen LogP contribution in [0.25, 0.3) is 10.8 Å². The number of carbonyl (C=O) groups is 2. The molecule has 1 saturated heterocycles. The van der Waals surface area contributed by atoms with E-state index in [1.54, 1.807) is 34.1 Å². The van der Waals surface area contributed by atoms with Crippen molar-refractivity contribution >= 4 is 22.6 Å². The van der Waals surface area contributed by atoms with Crippen molar-refractivity contribution in [2.45, 2.75) is 20.4 Å². The van der Waals surface area contributed by atoms with Gasteiger partial charge >= 0.3 is 0 Å². The Hall–Kier alpha value is -3.55. The monoisotopic (exact) mass is 436 g/mol. The van der Waals surface area contributed by atoms with Gasteiger partial charge in [0.2, 0.25) is 0 Å². The normalized spacial score (nSPS) is 14.2. The third-order valence-corrected chi connectivity index (χ3v) is 5.55. The maximum Gasteiger partial charge on any atom is 0.275 e. The third-order valence-electron chi connectivity index (χ3n) is 5.55. The minimum Gasteiger partial charge on any atom is -0.335 e. The Morgan fingerprint density at radius 1 is 0.906 bits per heavy atom. The quantitative estimate of drug-likeness (QED) is 0.630. The van der Waals surface area contributed by atoms with Gasteiger partial charge in [0.1, 0.15) is 5.82 Å². The van der Waals surface area contributed by atoms with Crippen molar-refractivity contribution in [3.8, 4) is 0 Å². The lowest BCUT2D eigenvalue weighted by Gasteiger charge is -2.34. The SMILES string of the molecule is CC(C)Cn1nc(C(=O)N2CCN(C(=O)c3ccc(F)cc3)CC2)c2ccccc2c1=O. The molecule has 8 heteroatoms. The van der Waals surface area contributed by atoms with Crippen molar-refractivity contribution in [1.29, 1.82) is 0 Å². The highest BCUT2D eigenvalue weighted by atomic mass is 19.1. The Morgan fingerprint density at radius 3 is 2.06 bits per heavy atom. The van der Waals surface area contributed by atoms with Crippen LogP contribution >= 0.6 is 0 Å². The molecule has 3 aromatic rings. The molecular weight excluding hydrogens is 411 g/mol. The largest absolute Gasteiger partial charge is 0.335 e. The zero-order chi connectivity index (χ0) is 22.8. The van der Waals surface area contributed by atoms with Gasteiger partial charge in [-0.2, -0.15) is 5.10 Å². The summed E-state index contributed by atoms with van der Waals surface area (Å²) in [4.78, 5) is 42.1. The molecule has 0 N–H and O–H groups in total. The molecule has 4 rings (SSSR count). The van der Waals surface area contributed by atoms with E-state index < -0.39 is 5.82 Å². The first-order chi connectivity index (χ1) is 15.3. The van der Waals surface area contributed by atoms with Gasteiger partial charge in [-0.05, 0) is 36.2 Å². The molecule has 0 aliphatic carbocycles. The van der Waals surface area contributed by atoms with Crippen molar-refractivity contribution in [2.75, 3.05) is 26.2 Å². The second-order valence-corrected chi connectivity index (χ2v) is 8.37. The summed E-state index contributed by atoms with van der Waals surface area (Å²) in [5, 5.41) is 5.43. The summed E-state index contributed by atoms with van der Waals surface area (Å²) < 4.78 is 14.5. The second kappa shape index (κ2) is 8.90. The summed E-state index contributed by atoms with van der Waals surface area (Å²) >= 11 is 0. The van der Waals surface area contributed by atoms with E-state index in [2.05, 4.69) is 5.10 Å². The van der Waals surface area contributed by atoms with Gasteiger partial charge in [0.25, 0.3) is 17.4 Å². The van der Waals surface area contributed by atoms with E-state index in [-0.39, 0.29) is 29.0 Å². The first-order valence-corrected chi connectivity index (χ1v) is 10.7. The Morgan fingerprint density at radius 2 is 1.47 bits per heavy atom. The van der Waals surface area contributed by atoms with Crippen LogP contribution < -0.4 is 5.56 Å². The van der Waals surface area contributed by atoms with E-state index in [4.69, 9.17) is 0 Å². The molecule has 1 fully saturated rings. The average Bonchev–Trinajstić information content (AvgIpc) is 2.80. The van der Waals surface area contributed by atoms with Crippen LogP contribution in [0.15, 0.2) is 53.3 Å². The number of amides is 2. The van der Waals surface area contributed by atoms with E-state index in [0.717, 1.165) is 0 Å². The Bertz CT molecular complexity index is 1210. The average molecular weight is 436 g/mol. The lowest BCUT2D eigenvalue weighted by molar-refractivity contribution is 0.0532. The first-order valence-electron chi connectivity index (χ1n) is 10.7. The van der Waals surface area contributed by atoms with Crippen molar-refractivity contribution < 1.29 is 14.0 Å². The van der Waals surface area contributed by atoms with Crippen LogP contribution in [0.1, 0.15) is 34.7 Å². The lowest BCUT2D eigenvalue weighted by atomic mass is 10.1. The van der Waals surface area contributed by atoms with Gasteiger partial charge < -0.3 is 9.80 Å². The topological polar surface area (TPSA) is 75.5 Å². The van der Waals surface area contributed by atoms with Gasteiger partial charge in [0.15, 0.2) is 5.69 Å². The maximum absolute atomic E-state index is 13.3. The number of halogens is 1. The molecule has 1 aliphatic rings. The highest BCUT2D eigenvalue weighted by Crippen LogP contribution is 2.18. The summed E-state index contributed by atoms with van der Waals surface area (Å²) in [6.45, 7) is 5.83. The van der Waals surface area contributed by atoms with Crippen molar-refractivity contribution in [3.05, 3.63) is 76.0 Å². The standard InChI is InChI=1S/C24H25FN4O3/c1-16(2)15-29-23(31)20-6-4-3-5-19(20)21(26-29)24(32)28-13-11-27(12-14-28)22(30)17-7-9-18(25)10-8-17/h3-10,16H,11-15H2,1-2H3. The molecule has 2 heterocycles. The fourth-order valence-electron chi connectivity index (χ4n) is 3.90. The van der Waals surface area contributed by atoms with E-state index in [0.29, 0.717) is 49.1 Å². The predicted octanol–water partition coefficient (Wildman–Crippen LogP) is 2.79. The van der Waals surface area contributed by atoms with Gasteiger partial charge in [0, 0.05) is 43.7 Å². The van der Waals surface area contributed by atoms with E-state index in [9.17, 15) is 18.8 Å². The van der Waals surface area contributed by atoms with Gasteiger partial charge in [-0.25, -0.2) is 9.07 Å². The summed E-state index contributed by atoms with van der Waals surface area (Å²) in [6, 6.07) is 12.5. The minimum atomic E-state index is -0.393. The number of rotatable bonds is 4. The highest BCUT2D eigenvalue weighted by Gasteiger charge is 2.28. The molecule has 1 aliphatic heterocycles. The number of hydrogen-bond donors (Lipinski definition) is 0. The van der Waals surface area contributed by atoms with Crippen LogP contribution in [0.2, 0.25) is 0 Å². The van der Waals surface area contributed by atoms with E-state index in [1.165, 1.54) is 28.9 Å². The number of fused-ring (bicyclic) bond motifs is 1. The minimum absolute atomic E-state index is 0.189. The molecule has 0 unspecified atom stereocenters. The number of aromatic nitrogens is 2. The maximum atomic E-state index is 13.3. The molecular formula is C24H25FN4O3. The van der Waals surface area contributed by atoms with Crippen LogP contribution in [-0.2, 0) is 6.54 Å². The molecule has 2 amide bonds. The first kappa shape index (κ1) is 21.7. The summed E-state index contributed by atoms with van der Waals surface area (Å²) in [5.41, 5.74) is 0.458. The molecule has 32 heavy (non-hydrogen) atoms. The Kier molecular flexibility index (Phi) is 6.03. The molecule has 0 saturated carbocycles. The van der Waals surface area contributed by atoms with Crippen LogP contribution in [0, 0.1) is 11.7 Å². The van der Waals surface area contributed by atoms with Crippen LogP contribution in [0.3, 0.4) is 0 Å². The smallest absolute Gasteiger partial charge is 0.275 e. The number of carbonyl (C=O) groups excluding carboxylic acids is 2. The Labute approximate surface area is 185 Å². The van der Waals surface area contributed by atoms with E-state index >= 15 is 0 Å². The fourth-order valence-corrected chi connectivity index (χ4v) is 3.90. The van der Waals surface area contributed by atoms with Crippen LogP contribution in [0.5, 0.6) is 0 Å². The van der Waals surface area contributed by atoms with Crippen molar-refractivity contribution in [2.24, 2.45) is 5.92 Å². The molecule has 0 radical (unpaired) electrons. The summed E-state index contributed by atoms with van der Waals surface area (Å²) in [5.74, 6) is -0.639. The second-order valence-electron chi connectivity index (χ2n) is 8.37. The zero-order valence-electron chi connectivity index (χ0n) is 18.1. The van der Waals surface area contributed by atoms with Gasteiger partial charge in [-0.3, -0.25) is 14.4 Å². The summed E-state index contributed by atoms with van der Waals surface area (Å²) in [7, 11) is 0. The van der Waals surface area contributed by atoms with Crippen LogP contribution in [-0.4, -0.2) is 57.6 Å². The number of piperazine rings is 1. The molecule has 166 valence electrons. The fraction of sp³-hybridized carbons (Fsp3) is 0.333. The molecule has 1 aromatic heterocycles. The van der Waals surface area contributed by atoms with Gasteiger partial charge in [0.05, 0.1) is 5.39 Å². The highest BCUT2D eigenvalue weighted by molar-refractivity contribution is 6.05. The summed E-state index contributed by atoms with van der Waals surface area (Å²) in [6.07, 6.45) is 0. The predicted molar refractivity (Wildman–Crippen MR) is 119 cm³/mol. The van der Waals surface area contributed by atoms with Crippen molar-refractivity contribution in [3.63, 3.8) is 0 Å².